The number of imide groups is 1. The highest BCUT2D eigenvalue weighted by molar-refractivity contribution is 6.07. The molecule has 0 aromatic heterocycles. The number of nitrogens with one attached hydrogen (secondary N) is 2. The molecule has 7 nitrogen and oxygen atoms in total. The van der Waals surface area contributed by atoms with Crippen LogP contribution >= 0.6 is 12.4 Å². The number of urea groups is 1. The Balaban J connectivity index is 0.00000400. The van der Waals surface area contributed by atoms with Gasteiger partial charge in [0.2, 0.25) is 5.91 Å². The lowest BCUT2D eigenvalue weighted by Gasteiger charge is -2.28. The van der Waals surface area contributed by atoms with Crippen LogP contribution in [0.15, 0.2) is 0 Å². The van der Waals surface area contributed by atoms with Crippen molar-refractivity contribution < 1.29 is 14.4 Å². The van der Waals surface area contributed by atoms with Crippen molar-refractivity contribution in [1.29, 1.82) is 0 Å². The summed E-state index contributed by atoms with van der Waals surface area (Å²) in [4.78, 5) is 36.5. The van der Waals surface area contributed by atoms with Gasteiger partial charge in [0.05, 0.1) is 0 Å². The third kappa shape index (κ3) is 4.86. The van der Waals surface area contributed by atoms with Gasteiger partial charge in [0.1, 0.15) is 12.1 Å². The minimum absolute atomic E-state index is 0. The van der Waals surface area contributed by atoms with Crippen LogP contribution in [0.1, 0.15) is 34.1 Å². The minimum Gasteiger partial charge on any atom is -0.351 e. The maximum Gasteiger partial charge on any atom is 0.325 e. The van der Waals surface area contributed by atoms with Gasteiger partial charge in [-0.2, -0.15) is 0 Å². The standard InChI is InChI=1S/C13H24N4O3.ClH/c1-8(2)5-9(6-14)15-10(18)7-17-12(20)16-11(19)13(17,3)4;/h8-9H,5-7,14H2,1-4H3,(H,15,18)(H,16,19,20);1H. The number of nitrogens with two attached hydrogens (primary N) is 1. The second-order valence-corrected chi connectivity index (χ2v) is 6.03. The first-order valence-corrected chi connectivity index (χ1v) is 6.81. The van der Waals surface area contributed by atoms with Crippen molar-refractivity contribution in [2.24, 2.45) is 11.7 Å². The zero-order chi connectivity index (χ0) is 15.5. The van der Waals surface area contributed by atoms with Crippen LogP contribution in [-0.4, -0.2) is 47.4 Å². The normalized spacial score (nSPS) is 18.3. The van der Waals surface area contributed by atoms with E-state index in [1.807, 2.05) is 13.8 Å². The average Bonchev–Trinajstić information content (AvgIpc) is 2.50. The van der Waals surface area contributed by atoms with Crippen molar-refractivity contribution in [3.8, 4) is 0 Å². The first-order valence-electron chi connectivity index (χ1n) is 6.81. The number of hydrogen-bond donors (Lipinski definition) is 3. The molecule has 0 aromatic carbocycles. The summed E-state index contributed by atoms with van der Waals surface area (Å²) < 4.78 is 0. The summed E-state index contributed by atoms with van der Waals surface area (Å²) in [7, 11) is 0. The fourth-order valence-corrected chi connectivity index (χ4v) is 2.16. The molecule has 0 aromatic rings. The number of rotatable bonds is 6. The van der Waals surface area contributed by atoms with Gasteiger partial charge in [-0.15, -0.1) is 12.4 Å². The van der Waals surface area contributed by atoms with E-state index in [1.54, 1.807) is 13.8 Å². The Kier molecular flexibility index (Phi) is 7.12. The van der Waals surface area contributed by atoms with Gasteiger partial charge in [-0.1, -0.05) is 13.8 Å². The minimum atomic E-state index is -1.01. The molecule has 0 aliphatic carbocycles. The summed E-state index contributed by atoms with van der Waals surface area (Å²) in [5.41, 5.74) is 4.61. The van der Waals surface area contributed by atoms with E-state index >= 15 is 0 Å². The number of amides is 4. The number of carbonyl (C=O) groups excluding carboxylic acids is 3. The molecule has 1 unspecified atom stereocenters. The molecule has 1 aliphatic rings. The van der Waals surface area contributed by atoms with Gasteiger partial charge >= 0.3 is 6.03 Å². The molecule has 1 saturated heterocycles. The molecule has 21 heavy (non-hydrogen) atoms. The SMILES string of the molecule is CC(C)CC(CN)NC(=O)CN1C(=O)NC(=O)C1(C)C.Cl. The number of nitrogens with zero attached hydrogens (tertiary/aromatic N) is 1. The molecule has 4 N–H and O–H groups in total. The van der Waals surface area contributed by atoms with E-state index in [2.05, 4.69) is 10.6 Å². The fraction of sp³-hybridized carbons (Fsp3) is 0.769. The maximum absolute atomic E-state index is 12.0. The molecule has 8 heteroatoms. The average molecular weight is 321 g/mol. The lowest BCUT2D eigenvalue weighted by atomic mass is 10.0. The number of carbonyl (C=O) groups is 3. The predicted octanol–water partition coefficient (Wildman–Crippen LogP) is 0.228. The third-order valence-electron chi connectivity index (χ3n) is 3.40. The Morgan fingerprint density at radius 3 is 2.33 bits per heavy atom. The van der Waals surface area contributed by atoms with Crippen LogP contribution in [0.2, 0.25) is 0 Å². The number of halogens is 1. The zero-order valence-corrected chi connectivity index (χ0v) is 13.8. The van der Waals surface area contributed by atoms with Gasteiger partial charge in [0.15, 0.2) is 0 Å². The molecule has 0 spiro atoms. The Morgan fingerprint density at radius 2 is 1.95 bits per heavy atom. The quantitative estimate of drug-likeness (QED) is 0.609. The van der Waals surface area contributed by atoms with E-state index in [4.69, 9.17) is 5.73 Å². The van der Waals surface area contributed by atoms with Crippen molar-refractivity contribution in [3.05, 3.63) is 0 Å². The van der Waals surface area contributed by atoms with Crippen LogP contribution in [0.4, 0.5) is 4.79 Å². The van der Waals surface area contributed by atoms with Crippen LogP contribution in [0.5, 0.6) is 0 Å². The van der Waals surface area contributed by atoms with Crippen LogP contribution < -0.4 is 16.4 Å². The monoisotopic (exact) mass is 320 g/mol. The van der Waals surface area contributed by atoms with Gasteiger partial charge in [-0.3, -0.25) is 14.9 Å². The van der Waals surface area contributed by atoms with Gasteiger partial charge in [0, 0.05) is 12.6 Å². The Bertz CT molecular complexity index is 412. The van der Waals surface area contributed by atoms with Crippen molar-refractivity contribution in [2.75, 3.05) is 13.1 Å². The fourth-order valence-electron chi connectivity index (χ4n) is 2.16. The van der Waals surface area contributed by atoms with Crippen molar-refractivity contribution in [2.45, 2.75) is 45.7 Å². The highest BCUT2D eigenvalue weighted by Crippen LogP contribution is 2.20. The smallest absolute Gasteiger partial charge is 0.325 e. The van der Waals surface area contributed by atoms with Crippen LogP contribution in [-0.2, 0) is 9.59 Å². The lowest BCUT2D eigenvalue weighted by molar-refractivity contribution is -0.127. The summed E-state index contributed by atoms with van der Waals surface area (Å²) in [6, 6.07) is -0.657. The summed E-state index contributed by atoms with van der Waals surface area (Å²) in [6.45, 7) is 7.50. The second-order valence-electron chi connectivity index (χ2n) is 6.03. The van der Waals surface area contributed by atoms with Gasteiger partial charge in [0.25, 0.3) is 5.91 Å². The van der Waals surface area contributed by atoms with Crippen molar-refractivity contribution in [1.82, 2.24) is 15.5 Å². The lowest BCUT2D eigenvalue weighted by Crippen LogP contribution is -2.51. The largest absolute Gasteiger partial charge is 0.351 e. The van der Waals surface area contributed by atoms with E-state index in [1.165, 1.54) is 4.90 Å². The molecule has 4 amide bonds. The first-order chi connectivity index (χ1) is 9.18. The second kappa shape index (κ2) is 7.61. The van der Waals surface area contributed by atoms with Crippen LogP contribution in [0.3, 0.4) is 0 Å². The molecule has 0 saturated carbocycles. The Morgan fingerprint density at radius 1 is 1.38 bits per heavy atom. The molecule has 1 aliphatic heterocycles. The molecule has 122 valence electrons. The highest BCUT2D eigenvalue weighted by Gasteiger charge is 2.46. The van der Waals surface area contributed by atoms with Gasteiger partial charge in [-0.25, -0.2) is 4.79 Å². The molecule has 1 atom stereocenters. The summed E-state index contributed by atoms with van der Waals surface area (Å²) >= 11 is 0. The third-order valence-corrected chi connectivity index (χ3v) is 3.40. The summed E-state index contributed by atoms with van der Waals surface area (Å²) in [6.07, 6.45) is 0.775. The van der Waals surface area contributed by atoms with Gasteiger partial charge < -0.3 is 16.0 Å². The molecular weight excluding hydrogens is 296 g/mol. The van der Waals surface area contributed by atoms with Crippen molar-refractivity contribution >= 4 is 30.3 Å². The maximum atomic E-state index is 12.0. The molecular formula is C13H25ClN4O3. The number of hydrogen-bond acceptors (Lipinski definition) is 4. The first kappa shape index (κ1) is 19.7. The Hall–Kier alpha value is -1.34. The van der Waals surface area contributed by atoms with E-state index < -0.39 is 17.5 Å². The van der Waals surface area contributed by atoms with E-state index in [9.17, 15) is 14.4 Å². The van der Waals surface area contributed by atoms with E-state index in [0.717, 1.165) is 6.42 Å². The molecule has 0 radical (unpaired) electrons. The van der Waals surface area contributed by atoms with Crippen LogP contribution in [0.25, 0.3) is 0 Å². The predicted molar refractivity (Wildman–Crippen MR) is 82.0 cm³/mol. The topological polar surface area (TPSA) is 105 Å². The van der Waals surface area contributed by atoms with Crippen molar-refractivity contribution in [3.63, 3.8) is 0 Å². The zero-order valence-electron chi connectivity index (χ0n) is 12.9. The molecule has 1 heterocycles. The van der Waals surface area contributed by atoms with E-state index in [-0.39, 0.29) is 30.9 Å². The summed E-state index contributed by atoms with van der Waals surface area (Å²) in [5, 5.41) is 5.01. The highest BCUT2D eigenvalue weighted by atomic mass is 35.5. The van der Waals surface area contributed by atoms with E-state index in [0.29, 0.717) is 12.5 Å². The molecule has 0 bridgehead atoms. The Labute approximate surface area is 131 Å². The summed E-state index contributed by atoms with van der Waals surface area (Å²) in [5.74, 6) is -0.288. The van der Waals surface area contributed by atoms with Gasteiger partial charge in [-0.05, 0) is 26.2 Å². The molecule has 1 fully saturated rings. The van der Waals surface area contributed by atoms with Crippen LogP contribution in [0, 0.1) is 5.92 Å². The molecule has 1 rings (SSSR count).